The smallest absolute Gasteiger partial charge is 0.261 e. The van der Waals surface area contributed by atoms with Crippen LogP contribution >= 0.6 is 23.2 Å². The van der Waals surface area contributed by atoms with E-state index >= 15 is 0 Å². The van der Waals surface area contributed by atoms with Gasteiger partial charge in [0, 0.05) is 36.0 Å². The van der Waals surface area contributed by atoms with E-state index in [4.69, 9.17) is 28.5 Å². The molecule has 0 atom stereocenters. The maximum absolute atomic E-state index is 13.3. The zero-order chi connectivity index (χ0) is 27.5. The molecule has 0 bridgehead atoms. The van der Waals surface area contributed by atoms with Gasteiger partial charge in [-0.15, -0.1) is 0 Å². The number of benzene rings is 1. The summed E-state index contributed by atoms with van der Waals surface area (Å²) in [5.41, 5.74) is 1.50. The van der Waals surface area contributed by atoms with Crippen molar-refractivity contribution < 1.29 is 9.52 Å². The number of nitrogens with one attached hydrogen (secondary N) is 1. The lowest BCUT2D eigenvalue weighted by Gasteiger charge is -2.14. The van der Waals surface area contributed by atoms with Crippen LogP contribution in [0.15, 0.2) is 84.4 Å². The van der Waals surface area contributed by atoms with E-state index in [-0.39, 0.29) is 32.2 Å². The number of nitriles is 1. The summed E-state index contributed by atoms with van der Waals surface area (Å²) in [5.74, 6) is 5.13. The number of aromatic nitrogens is 4. The van der Waals surface area contributed by atoms with Gasteiger partial charge in [0.05, 0.1) is 26.7 Å². The van der Waals surface area contributed by atoms with Gasteiger partial charge in [-0.25, -0.2) is 4.98 Å². The van der Waals surface area contributed by atoms with Crippen molar-refractivity contribution in [1.82, 2.24) is 14.5 Å². The van der Waals surface area contributed by atoms with Crippen molar-refractivity contribution in [3.8, 4) is 23.6 Å². The van der Waals surface area contributed by atoms with Gasteiger partial charge in [0.25, 0.3) is 5.91 Å². The molecule has 0 aliphatic heterocycles. The molecule has 1 aromatic carbocycles. The summed E-state index contributed by atoms with van der Waals surface area (Å²) < 4.78 is 2.13. The van der Waals surface area contributed by atoms with Crippen LogP contribution in [-0.2, 0) is 0 Å². The average Bonchev–Trinajstić information content (AvgIpc) is 2.94. The molecular weight excluding hydrogens is 539 g/mol. The lowest BCUT2D eigenvalue weighted by Crippen LogP contribution is -2.25. The number of halogens is 2. The van der Waals surface area contributed by atoms with E-state index < -0.39 is 11.3 Å². The summed E-state index contributed by atoms with van der Waals surface area (Å²) in [5, 5.41) is 23.9. The molecule has 5 rings (SSSR count). The molecule has 0 saturated heterocycles. The van der Waals surface area contributed by atoms with Crippen LogP contribution in [0, 0.1) is 28.4 Å². The van der Waals surface area contributed by atoms with E-state index in [1.54, 1.807) is 47.2 Å². The molecule has 39 heavy (non-hydrogen) atoms. The molecule has 188 valence electrons. The van der Waals surface area contributed by atoms with E-state index in [9.17, 15) is 14.8 Å². The molecule has 4 heterocycles. The van der Waals surface area contributed by atoms with Crippen molar-refractivity contribution in [1.29, 1.82) is 5.26 Å². The zero-order valence-corrected chi connectivity index (χ0v) is 21.2. The van der Waals surface area contributed by atoms with Crippen LogP contribution < -0.4 is 15.5 Å². The number of pyridine rings is 4. The molecule has 5 aromatic rings. The van der Waals surface area contributed by atoms with Gasteiger partial charge in [0.2, 0.25) is 5.43 Å². The third-order valence-corrected chi connectivity index (χ3v) is 6.12. The highest BCUT2D eigenvalue weighted by atomic mass is 35.5. The third-order valence-electron chi connectivity index (χ3n) is 5.55. The minimum atomic E-state index is -0.714. The Morgan fingerprint density at radius 2 is 1.77 bits per heavy atom. The summed E-state index contributed by atoms with van der Waals surface area (Å²) in [7, 11) is 0. The molecule has 0 aliphatic rings. The average molecular weight is 553 g/mol. The molecule has 0 spiro atoms. The van der Waals surface area contributed by atoms with Crippen LogP contribution in [0.3, 0.4) is 0 Å². The quantitative estimate of drug-likeness (QED) is 0.202. The van der Waals surface area contributed by atoms with E-state index in [0.717, 1.165) is 6.20 Å². The summed E-state index contributed by atoms with van der Waals surface area (Å²) in [6, 6.07) is 13.6. The highest BCUT2D eigenvalue weighted by Crippen LogP contribution is 2.29. The predicted octanol–water partition coefficient (Wildman–Crippen LogP) is 4.24. The minimum Gasteiger partial charge on any atom is -0.619 e. The Hall–Kier alpha value is -5.22. The van der Waals surface area contributed by atoms with Crippen molar-refractivity contribution in [2.24, 2.45) is 0 Å². The molecule has 0 unspecified atom stereocenters. The molecule has 0 radical (unpaired) electrons. The highest BCUT2D eigenvalue weighted by molar-refractivity contribution is 6.39. The molecule has 1 N–H and O–H groups in total. The maximum atomic E-state index is 13.3. The Morgan fingerprint density at radius 3 is 2.54 bits per heavy atom. The number of amides is 1. The fourth-order valence-electron chi connectivity index (χ4n) is 3.79. The topological polar surface area (TPSA) is 128 Å². The SMILES string of the molecule is N#Cc1cc(C#Cc2cccc(-n3cc(C(=O)Nc4c(Cl)cncc4Cl)c(=O)c4cccnc43)c2)c[n+]([O-])c1. The lowest BCUT2D eigenvalue weighted by molar-refractivity contribution is -0.605. The first-order valence-corrected chi connectivity index (χ1v) is 12.0. The van der Waals surface area contributed by atoms with E-state index in [1.807, 2.05) is 6.07 Å². The van der Waals surface area contributed by atoms with Crippen molar-refractivity contribution in [2.45, 2.75) is 0 Å². The molecule has 0 aliphatic carbocycles. The Balaban J connectivity index is 1.59. The largest absolute Gasteiger partial charge is 0.619 e. The summed E-state index contributed by atoms with van der Waals surface area (Å²) in [6.45, 7) is 0. The molecule has 1 amide bonds. The Bertz CT molecular complexity index is 1930. The van der Waals surface area contributed by atoms with Gasteiger partial charge in [-0.3, -0.25) is 14.6 Å². The Kier molecular flexibility index (Phi) is 6.94. The normalized spacial score (nSPS) is 10.4. The molecule has 11 heteroatoms. The molecule has 0 fully saturated rings. The monoisotopic (exact) mass is 552 g/mol. The van der Waals surface area contributed by atoms with Crippen LogP contribution in [0.1, 0.15) is 27.0 Å². The first kappa shape index (κ1) is 25.4. The summed E-state index contributed by atoms with van der Waals surface area (Å²) in [4.78, 5) is 34.7. The Morgan fingerprint density at radius 1 is 1.03 bits per heavy atom. The van der Waals surface area contributed by atoms with Crippen molar-refractivity contribution in [2.75, 3.05) is 5.32 Å². The van der Waals surface area contributed by atoms with Crippen molar-refractivity contribution >= 4 is 45.8 Å². The second-order valence-electron chi connectivity index (χ2n) is 8.13. The summed E-state index contributed by atoms with van der Waals surface area (Å²) in [6.07, 6.45) is 8.00. The van der Waals surface area contributed by atoms with Crippen LogP contribution in [0.25, 0.3) is 16.7 Å². The number of hydrogen-bond donors (Lipinski definition) is 1. The van der Waals surface area contributed by atoms with Crippen molar-refractivity contribution in [3.63, 3.8) is 0 Å². The second-order valence-corrected chi connectivity index (χ2v) is 8.95. The maximum Gasteiger partial charge on any atom is 0.261 e. The van der Waals surface area contributed by atoms with Gasteiger partial charge in [0.15, 0.2) is 12.4 Å². The van der Waals surface area contributed by atoms with Gasteiger partial charge < -0.3 is 15.1 Å². The first-order chi connectivity index (χ1) is 18.8. The second kappa shape index (κ2) is 10.6. The number of anilines is 1. The standard InChI is InChI=1S/C28H14Cl2N6O3/c29-23-12-32-13-24(30)25(23)34-28(38)22-16-36(27-21(26(22)37)5-2-8-33-27)20-4-1-3-17(10-20)6-7-18-9-19(11-31)15-35(39)14-18/h1-5,8-10,12-16H,(H,32,34,38). The fourth-order valence-corrected chi connectivity index (χ4v) is 4.25. The molecule has 0 saturated carbocycles. The summed E-state index contributed by atoms with van der Waals surface area (Å²) >= 11 is 12.3. The zero-order valence-electron chi connectivity index (χ0n) is 19.7. The predicted molar refractivity (Wildman–Crippen MR) is 146 cm³/mol. The van der Waals surface area contributed by atoms with Crippen LogP contribution in [-0.4, -0.2) is 20.4 Å². The molecule has 4 aromatic heterocycles. The van der Waals surface area contributed by atoms with Crippen LogP contribution in [0.4, 0.5) is 5.69 Å². The minimum absolute atomic E-state index is 0.118. The van der Waals surface area contributed by atoms with Gasteiger partial charge in [0.1, 0.15) is 22.8 Å². The van der Waals surface area contributed by atoms with E-state index in [1.165, 1.54) is 30.9 Å². The number of fused-ring (bicyclic) bond motifs is 1. The highest BCUT2D eigenvalue weighted by Gasteiger charge is 2.19. The lowest BCUT2D eigenvalue weighted by atomic mass is 10.1. The van der Waals surface area contributed by atoms with Crippen molar-refractivity contribution in [3.05, 3.63) is 127 Å². The van der Waals surface area contributed by atoms with Gasteiger partial charge in [-0.2, -0.15) is 9.99 Å². The van der Waals surface area contributed by atoms with E-state index in [2.05, 4.69) is 27.1 Å². The number of hydrogen-bond acceptors (Lipinski definition) is 6. The molecular formula is C28H14Cl2N6O3. The fraction of sp³-hybridized carbons (Fsp3) is 0. The van der Waals surface area contributed by atoms with E-state index in [0.29, 0.717) is 27.2 Å². The first-order valence-electron chi connectivity index (χ1n) is 11.2. The van der Waals surface area contributed by atoms with Gasteiger partial charge >= 0.3 is 0 Å². The number of carbonyl (C=O) groups is 1. The Labute approximate surface area is 231 Å². The van der Waals surface area contributed by atoms with Gasteiger partial charge in [-0.1, -0.05) is 41.1 Å². The number of carbonyl (C=O) groups excluding carboxylic acids is 1. The van der Waals surface area contributed by atoms with Crippen LogP contribution in [0.2, 0.25) is 10.0 Å². The molecule has 9 nitrogen and oxygen atoms in total. The van der Waals surface area contributed by atoms with Gasteiger partial charge in [-0.05, 0) is 36.4 Å². The number of nitrogens with zero attached hydrogens (tertiary/aromatic N) is 5. The third kappa shape index (κ3) is 5.27. The van der Waals surface area contributed by atoms with Crippen LogP contribution in [0.5, 0.6) is 0 Å². The number of rotatable bonds is 3.